The van der Waals surface area contributed by atoms with Crippen molar-refractivity contribution in [3.05, 3.63) is 35.6 Å². The van der Waals surface area contributed by atoms with E-state index in [1.54, 1.807) is 18.0 Å². The molecule has 1 fully saturated rings. The molecular formula is C20H31FN4O2. The monoisotopic (exact) mass is 378 g/mol. The molecule has 1 saturated heterocycles. The van der Waals surface area contributed by atoms with E-state index >= 15 is 0 Å². The number of hydrogen-bond acceptors (Lipinski definition) is 4. The van der Waals surface area contributed by atoms with Crippen molar-refractivity contribution in [3.8, 4) is 0 Å². The summed E-state index contributed by atoms with van der Waals surface area (Å²) in [5.41, 5.74) is 0.777. The summed E-state index contributed by atoms with van der Waals surface area (Å²) in [6, 6.07) is 6.23. The molecule has 27 heavy (non-hydrogen) atoms. The lowest BCUT2D eigenvalue weighted by Gasteiger charge is -2.38. The van der Waals surface area contributed by atoms with E-state index in [4.69, 9.17) is 0 Å². The molecule has 1 atom stereocenters. The Labute approximate surface area is 161 Å². The number of carbonyl (C=O) groups excluding carboxylic acids is 2. The number of benzene rings is 1. The largest absolute Gasteiger partial charge is 0.353 e. The van der Waals surface area contributed by atoms with Crippen molar-refractivity contribution in [1.29, 1.82) is 0 Å². The zero-order chi connectivity index (χ0) is 20.0. The van der Waals surface area contributed by atoms with E-state index in [-0.39, 0.29) is 29.7 Å². The Morgan fingerprint density at radius 3 is 2.44 bits per heavy atom. The second-order valence-electron chi connectivity index (χ2n) is 7.53. The summed E-state index contributed by atoms with van der Waals surface area (Å²) < 4.78 is 13.3. The zero-order valence-corrected chi connectivity index (χ0v) is 16.7. The molecule has 150 valence electrons. The summed E-state index contributed by atoms with van der Waals surface area (Å²) in [7, 11) is 1.75. The number of carbonyl (C=O) groups is 2. The number of likely N-dealkylation sites (N-methyl/N-ethyl adjacent to an activating group) is 1. The average Bonchev–Trinajstić information content (AvgIpc) is 2.60. The van der Waals surface area contributed by atoms with Crippen LogP contribution in [0.15, 0.2) is 24.3 Å². The minimum absolute atomic E-state index is 0.0188. The van der Waals surface area contributed by atoms with Gasteiger partial charge in [0.1, 0.15) is 5.82 Å². The molecule has 2 rings (SSSR count). The fraction of sp³-hybridized carbons (Fsp3) is 0.600. The van der Waals surface area contributed by atoms with E-state index in [0.717, 1.165) is 31.7 Å². The predicted octanol–water partition coefficient (Wildman–Crippen LogP) is 1.31. The molecule has 7 heteroatoms. The molecule has 0 saturated carbocycles. The van der Waals surface area contributed by atoms with Gasteiger partial charge in [-0.3, -0.25) is 19.4 Å². The van der Waals surface area contributed by atoms with Gasteiger partial charge < -0.3 is 10.2 Å². The smallest absolute Gasteiger partial charge is 0.239 e. The average molecular weight is 378 g/mol. The first-order chi connectivity index (χ1) is 12.8. The van der Waals surface area contributed by atoms with Crippen LogP contribution in [0.5, 0.6) is 0 Å². The van der Waals surface area contributed by atoms with Crippen LogP contribution >= 0.6 is 0 Å². The van der Waals surface area contributed by atoms with Crippen molar-refractivity contribution >= 4 is 11.8 Å². The van der Waals surface area contributed by atoms with Crippen molar-refractivity contribution < 1.29 is 14.0 Å². The SMILES string of the molecule is CC(C)NC(=O)CN1CCN(C(C)C(=O)N(C)Cc2cccc(F)c2)CC1. The molecule has 1 aliphatic rings. The summed E-state index contributed by atoms with van der Waals surface area (Å²) in [4.78, 5) is 30.5. The summed E-state index contributed by atoms with van der Waals surface area (Å²) in [6.07, 6.45) is 0. The molecule has 0 spiro atoms. The van der Waals surface area contributed by atoms with Crippen LogP contribution in [0.3, 0.4) is 0 Å². The van der Waals surface area contributed by atoms with Gasteiger partial charge >= 0.3 is 0 Å². The lowest BCUT2D eigenvalue weighted by Crippen LogP contribution is -2.55. The summed E-state index contributed by atoms with van der Waals surface area (Å²) in [5, 5.41) is 2.90. The molecule has 1 N–H and O–H groups in total. The first-order valence-corrected chi connectivity index (χ1v) is 9.51. The summed E-state index contributed by atoms with van der Waals surface area (Å²) >= 11 is 0. The Morgan fingerprint density at radius 2 is 1.85 bits per heavy atom. The van der Waals surface area contributed by atoms with Crippen molar-refractivity contribution in [3.63, 3.8) is 0 Å². The second kappa shape index (κ2) is 9.80. The summed E-state index contributed by atoms with van der Waals surface area (Å²) in [6.45, 7) is 9.60. The third kappa shape index (κ3) is 6.59. The van der Waals surface area contributed by atoms with Gasteiger partial charge in [-0.05, 0) is 38.5 Å². The van der Waals surface area contributed by atoms with Crippen LogP contribution in [0.25, 0.3) is 0 Å². The molecule has 1 aromatic rings. The van der Waals surface area contributed by atoms with E-state index < -0.39 is 0 Å². The summed E-state index contributed by atoms with van der Waals surface area (Å²) in [5.74, 6) is -0.235. The Balaban J connectivity index is 1.81. The van der Waals surface area contributed by atoms with Crippen LogP contribution in [0, 0.1) is 5.82 Å². The highest BCUT2D eigenvalue weighted by Gasteiger charge is 2.28. The predicted molar refractivity (Wildman–Crippen MR) is 104 cm³/mol. The Kier molecular flexibility index (Phi) is 7.74. The molecule has 1 heterocycles. The molecule has 0 aromatic heterocycles. The number of nitrogens with zero attached hydrogens (tertiary/aromatic N) is 3. The number of amides is 2. The van der Waals surface area contributed by atoms with Crippen LogP contribution in [0.1, 0.15) is 26.3 Å². The molecule has 1 unspecified atom stereocenters. The third-order valence-electron chi connectivity index (χ3n) is 4.81. The number of nitrogens with one attached hydrogen (secondary N) is 1. The second-order valence-corrected chi connectivity index (χ2v) is 7.53. The van der Waals surface area contributed by atoms with Gasteiger partial charge in [-0.1, -0.05) is 12.1 Å². The Hall–Kier alpha value is -1.99. The normalized spacial score (nSPS) is 17.0. The molecule has 0 aliphatic carbocycles. The van der Waals surface area contributed by atoms with Crippen LogP contribution in [-0.2, 0) is 16.1 Å². The molecule has 6 nitrogen and oxygen atoms in total. The topological polar surface area (TPSA) is 55.9 Å². The van der Waals surface area contributed by atoms with Gasteiger partial charge in [0.05, 0.1) is 12.6 Å². The van der Waals surface area contributed by atoms with Gasteiger partial charge in [-0.25, -0.2) is 4.39 Å². The van der Waals surface area contributed by atoms with Crippen molar-refractivity contribution in [2.24, 2.45) is 0 Å². The number of hydrogen-bond donors (Lipinski definition) is 1. The van der Waals surface area contributed by atoms with Gasteiger partial charge in [0.25, 0.3) is 0 Å². The highest BCUT2D eigenvalue weighted by molar-refractivity contribution is 5.81. The van der Waals surface area contributed by atoms with Crippen molar-refractivity contribution in [2.45, 2.75) is 39.4 Å². The highest BCUT2D eigenvalue weighted by atomic mass is 19.1. The molecule has 2 amide bonds. The lowest BCUT2D eigenvalue weighted by molar-refractivity contribution is -0.136. The van der Waals surface area contributed by atoms with E-state index in [1.807, 2.05) is 26.8 Å². The number of halogens is 1. The standard InChI is InChI=1S/C20H31FN4O2/c1-15(2)22-19(26)14-24-8-10-25(11-9-24)16(3)20(27)23(4)13-17-6-5-7-18(21)12-17/h5-7,12,15-16H,8-11,13-14H2,1-4H3,(H,22,26). The van der Waals surface area contributed by atoms with E-state index in [9.17, 15) is 14.0 Å². The quantitative estimate of drug-likeness (QED) is 0.777. The molecular weight excluding hydrogens is 347 g/mol. The van der Waals surface area contributed by atoms with Crippen LogP contribution in [0.4, 0.5) is 4.39 Å². The van der Waals surface area contributed by atoms with Gasteiger partial charge in [0, 0.05) is 45.8 Å². The van der Waals surface area contributed by atoms with Crippen molar-refractivity contribution in [1.82, 2.24) is 20.0 Å². The number of piperazine rings is 1. The minimum atomic E-state index is -0.293. The maximum absolute atomic E-state index is 13.3. The maximum atomic E-state index is 13.3. The molecule has 1 aliphatic heterocycles. The first kappa shape index (κ1) is 21.3. The zero-order valence-electron chi connectivity index (χ0n) is 16.7. The molecule has 0 radical (unpaired) electrons. The van der Waals surface area contributed by atoms with Crippen LogP contribution in [0.2, 0.25) is 0 Å². The number of rotatable bonds is 7. The van der Waals surface area contributed by atoms with Crippen molar-refractivity contribution in [2.75, 3.05) is 39.8 Å². The fourth-order valence-electron chi connectivity index (χ4n) is 3.34. The van der Waals surface area contributed by atoms with Crippen LogP contribution < -0.4 is 5.32 Å². The van der Waals surface area contributed by atoms with Gasteiger partial charge in [-0.2, -0.15) is 0 Å². The first-order valence-electron chi connectivity index (χ1n) is 9.51. The Bertz CT molecular complexity index is 645. The minimum Gasteiger partial charge on any atom is -0.353 e. The van der Waals surface area contributed by atoms with Crippen LogP contribution in [-0.4, -0.2) is 78.4 Å². The van der Waals surface area contributed by atoms with E-state index in [0.29, 0.717) is 13.1 Å². The van der Waals surface area contributed by atoms with E-state index in [2.05, 4.69) is 15.1 Å². The highest BCUT2D eigenvalue weighted by Crippen LogP contribution is 2.11. The fourth-order valence-corrected chi connectivity index (χ4v) is 3.34. The lowest BCUT2D eigenvalue weighted by atomic mass is 10.1. The Morgan fingerprint density at radius 1 is 1.19 bits per heavy atom. The molecule has 1 aromatic carbocycles. The molecule has 0 bridgehead atoms. The third-order valence-corrected chi connectivity index (χ3v) is 4.81. The maximum Gasteiger partial charge on any atom is 0.239 e. The van der Waals surface area contributed by atoms with Gasteiger partial charge in [-0.15, -0.1) is 0 Å². The van der Waals surface area contributed by atoms with E-state index in [1.165, 1.54) is 12.1 Å². The van der Waals surface area contributed by atoms with Gasteiger partial charge in [0.2, 0.25) is 11.8 Å². The van der Waals surface area contributed by atoms with Gasteiger partial charge in [0.15, 0.2) is 0 Å².